The van der Waals surface area contributed by atoms with Crippen molar-refractivity contribution in [1.29, 1.82) is 5.26 Å². The second-order valence-corrected chi connectivity index (χ2v) is 6.74. The molecule has 2 heterocycles. The van der Waals surface area contributed by atoms with Crippen LogP contribution in [0.3, 0.4) is 0 Å². The molecule has 1 aliphatic rings. The predicted octanol–water partition coefficient (Wildman–Crippen LogP) is 2.51. The van der Waals surface area contributed by atoms with Gasteiger partial charge < -0.3 is 24.8 Å². The number of nitrogens with two attached hydrogens (primary N) is 1. The van der Waals surface area contributed by atoms with E-state index in [0.29, 0.717) is 10.7 Å². The number of ether oxygens (including phenoxy) is 1. The van der Waals surface area contributed by atoms with Crippen LogP contribution in [0.25, 0.3) is 5.69 Å². The third-order valence-corrected chi connectivity index (χ3v) is 5.22. The number of hydrogen-bond donors (Lipinski definition) is 1. The van der Waals surface area contributed by atoms with Crippen LogP contribution < -0.4 is 10.6 Å². The Morgan fingerprint density at radius 1 is 1.33 bits per heavy atom. The van der Waals surface area contributed by atoms with Crippen LogP contribution in [0.2, 0.25) is 5.02 Å². The summed E-state index contributed by atoms with van der Waals surface area (Å²) in [6, 6.07) is 7.56. The Kier molecular flexibility index (Phi) is 5.59. The van der Waals surface area contributed by atoms with E-state index in [2.05, 4.69) is 16.7 Å². The number of nitrogens with zero attached hydrogens (tertiary/aromatic N) is 4. The molecule has 0 spiro atoms. The van der Waals surface area contributed by atoms with E-state index in [1.165, 1.54) is 13.3 Å². The third-order valence-electron chi connectivity index (χ3n) is 4.91. The van der Waals surface area contributed by atoms with Gasteiger partial charge in [-0.1, -0.05) is 18.5 Å². The second kappa shape index (κ2) is 7.91. The molecule has 8 heteroatoms. The fourth-order valence-electron chi connectivity index (χ4n) is 3.33. The summed E-state index contributed by atoms with van der Waals surface area (Å²) in [5.41, 5.74) is 7.98. The van der Waals surface area contributed by atoms with Crippen LogP contribution >= 0.6 is 11.6 Å². The summed E-state index contributed by atoms with van der Waals surface area (Å²) < 4.78 is 6.36. The zero-order valence-corrected chi connectivity index (χ0v) is 16.2. The molecule has 0 unspecified atom stereocenters. The number of benzene rings is 1. The SMILES string of the molecule is CCN1CCN(c2ccc(-n3cc(C#N)c(N)c3C(=O)OC)cc2Cl)CC1. The number of piperazine rings is 1. The molecule has 2 N–H and O–H groups in total. The number of aromatic nitrogens is 1. The lowest BCUT2D eigenvalue weighted by Crippen LogP contribution is -2.46. The van der Waals surface area contributed by atoms with Crippen LogP contribution in [0.5, 0.6) is 0 Å². The van der Waals surface area contributed by atoms with Crippen molar-refractivity contribution < 1.29 is 9.53 Å². The van der Waals surface area contributed by atoms with E-state index in [9.17, 15) is 10.1 Å². The van der Waals surface area contributed by atoms with Crippen LogP contribution in [0.1, 0.15) is 23.0 Å². The average Bonchev–Trinajstić information content (AvgIpc) is 3.03. The number of rotatable bonds is 4. The molecular weight excluding hydrogens is 366 g/mol. The number of anilines is 2. The molecular formula is C19H22ClN5O2. The smallest absolute Gasteiger partial charge is 0.357 e. The molecule has 1 aromatic heterocycles. The number of hydrogen-bond acceptors (Lipinski definition) is 6. The van der Waals surface area contributed by atoms with E-state index in [1.807, 2.05) is 18.2 Å². The van der Waals surface area contributed by atoms with Crippen LogP contribution in [0.15, 0.2) is 24.4 Å². The molecule has 0 atom stereocenters. The number of methoxy groups -OCH3 is 1. The third kappa shape index (κ3) is 3.59. The summed E-state index contributed by atoms with van der Waals surface area (Å²) in [6.07, 6.45) is 1.52. The maximum absolute atomic E-state index is 12.1. The molecule has 27 heavy (non-hydrogen) atoms. The molecule has 1 aromatic carbocycles. The van der Waals surface area contributed by atoms with Gasteiger partial charge in [0.1, 0.15) is 6.07 Å². The monoisotopic (exact) mass is 387 g/mol. The molecule has 0 bridgehead atoms. The number of esters is 1. The molecule has 0 saturated carbocycles. The van der Waals surface area contributed by atoms with Crippen LogP contribution in [0, 0.1) is 11.3 Å². The molecule has 2 aromatic rings. The highest BCUT2D eigenvalue weighted by Gasteiger charge is 2.23. The minimum Gasteiger partial charge on any atom is -0.464 e. The molecule has 3 rings (SSSR count). The molecule has 1 aliphatic heterocycles. The van der Waals surface area contributed by atoms with Gasteiger partial charge in [0.05, 0.1) is 29.1 Å². The number of carbonyl (C=O) groups is 1. The Morgan fingerprint density at radius 2 is 2.04 bits per heavy atom. The lowest BCUT2D eigenvalue weighted by Gasteiger charge is -2.36. The van der Waals surface area contributed by atoms with Crippen molar-refractivity contribution in [3.63, 3.8) is 0 Å². The quantitative estimate of drug-likeness (QED) is 0.811. The number of carbonyl (C=O) groups excluding carboxylic acids is 1. The van der Waals surface area contributed by atoms with Crippen LogP contribution in [0.4, 0.5) is 11.4 Å². The van der Waals surface area contributed by atoms with Gasteiger partial charge in [-0.25, -0.2) is 4.79 Å². The number of nitrogen functional groups attached to an aromatic ring is 1. The Morgan fingerprint density at radius 3 is 2.59 bits per heavy atom. The van der Waals surface area contributed by atoms with Gasteiger partial charge in [0.2, 0.25) is 0 Å². The summed E-state index contributed by atoms with van der Waals surface area (Å²) in [4.78, 5) is 16.8. The van der Waals surface area contributed by atoms with Crippen molar-refractivity contribution in [2.75, 3.05) is 50.5 Å². The van der Waals surface area contributed by atoms with Crippen molar-refractivity contribution in [3.05, 3.63) is 40.7 Å². The zero-order chi connectivity index (χ0) is 19.6. The van der Waals surface area contributed by atoms with E-state index in [4.69, 9.17) is 22.1 Å². The minimum absolute atomic E-state index is 0.0974. The molecule has 1 saturated heterocycles. The van der Waals surface area contributed by atoms with Gasteiger partial charge >= 0.3 is 5.97 Å². The fraction of sp³-hybridized carbons (Fsp3) is 0.368. The maximum atomic E-state index is 12.1. The zero-order valence-electron chi connectivity index (χ0n) is 15.4. The highest BCUT2D eigenvalue weighted by molar-refractivity contribution is 6.33. The van der Waals surface area contributed by atoms with E-state index >= 15 is 0 Å². The van der Waals surface area contributed by atoms with E-state index in [-0.39, 0.29) is 16.9 Å². The van der Waals surface area contributed by atoms with Crippen molar-refractivity contribution in [1.82, 2.24) is 9.47 Å². The predicted molar refractivity (Wildman–Crippen MR) is 106 cm³/mol. The van der Waals surface area contributed by atoms with E-state index in [0.717, 1.165) is 38.4 Å². The van der Waals surface area contributed by atoms with Gasteiger partial charge in [-0.2, -0.15) is 5.26 Å². The Bertz CT molecular complexity index is 894. The normalized spacial score (nSPS) is 14.8. The van der Waals surface area contributed by atoms with Gasteiger partial charge in [0.25, 0.3) is 0 Å². The highest BCUT2D eigenvalue weighted by Crippen LogP contribution is 2.31. The Labute approximate surface area is 163 Å². The first-order chi connectivity index (χ1) is 13.0. The van der Waals surface area contributed by atoms with Crippen molar-refractivity contribution in [2.45, 2.75) is 6.92 Å². The van der Waals surface area contributed by atoms with Gasteiger partial charge in [0, 0.05) is 38.1 Å². The molecule has 1 fully saturated rings. The molecule has 0 radical (unpaired) electrons. The van der Waals surface area contributed by atoms with Crippen molar-refractivity contribution in [3.8, 4) is 11.8 Å². The van der Waals surface area contributed by atoms with Gasteiger partial charge in [0.15, 0.2) is 5.69 Å². The summed E-state index contributed by atoms with van der Waals surface area (Å²) >= 11 is 6.55. The van der Waals surface area contributed by atoms with Gasteiger partial charge in [-0.15, -0.1) is 0 Å². The number of nitriles is 1. The molecule has 142 valence electrons. The first-order valence-corrected chi connectivity index (χ1v) is 9.14. The van der Waals surface area contributed by atoms with Gasteiger partial charge in [-0.3, -0.25) is 0 Å². The lowest BCUT2D eigenvalue weighted by atomic mass is 10.2. The first kappa shape index (κ1) is 19.1. The van der Waals surface area contributed by atoms with Gasteiger partial charge in [-0.05, 0) is 24.7 Å². The van der Waals surface area contributed by atoms with Crippen molar-refractivity contribution >= 4 is 28.9 Å². The average molecular weight is 388 g/mol. The summed E-state index contributed by atoms with van der Waals surface area (Å²) in [7, 11) is 1.27. The summed E-state index contributed by atoms with van der Waals surface area (Å²) in [5.74, 6) is -0.607. The molecule has 0 aliphatic carbocycles. The molecule has 0 amide bonds. The van der Waals surface area contributed by atoms with E-state index in [1.54, 1.807) is 10.6 Å². The minimum atomic E-state index is -0.607. The Balaban J connectivity index is 1.95. The lowest BCUT2D eigenvalue weighted by molar-refractivity contribution is 0.0593. The number of halogens is 1. The number of likely N-dealkylation sites (N-methyl/N-ethyl adjacent to an activating group) is 1. The summed E-state index contributed by atoms with van der Waals surface area (Å²) in [6.45, 7) is 7.04. The van der Waals surface area contributed by atoms with Crippen LogP contribution in [-0.2, 0) is 4.74 Å². The standard InChI is InChI=1S/C19H22ClN5O2/c1-3-23-6-8-24(9-7-23)16-5-4-14(10-15(16)20)25-12-13(11-21)17(22)18(25)19(26)27-2/h4-5,10,12H,3,6-9,22H2,1-2H3. The Hall–Kier alpha value is -2.69. The maximum Gasteiger partial charge on any atom is 0.357 e. The fourth-order valence-corrected chi connectivity index (χ4v) is 3.62. The van der Waals surface area contributed by atoms with E-state index < -0.39 is 5.97 Å². The largest absolute Gasteiger partial charge is 0.464 e. The summed E-state index contributed by atoms with van der Waals surface area (Å²) in [5, 5.41) is 9.82. The second-order valence-electron chi connectivity index (χ2n) is 6.34. The first-order valence-electron chi connectivity index (χ1n) is 8.76. The topological polar surface area (TPSA) is 87.5 Å². The van der Waals surface area contributed by atoms with Crippen LogP contribution in [-0.4, -0.2) is 55.3 Å². The highest BCUT2D eigenvalue weighted by atomic mass is 35.5. The van der Waals surface area contributed by atoms with Crippen molar-refractivity contribution in [2.24, 2.45) is 0 Å². The molecule has 7 nitrogen and oxygen atoms in total.